The lowest BCUT2D eigenvalue weighted by Crippen LogP contribution is -2.20. The van der Waals surface area contributed by atoms with Gasteiger partial charge in [-0.15, -0.1) is 0 Å². The van der Waals surface area contributed by atoms with E-state index in [2.05, 4.69) is 10.6 Å². The highest BCUT2D eigenvalue weighted by molar-refractivity contribution is 7.07. The number of carbonyl (C=O) groups is 2. The van der Waals surface area contributed by atoms with Gasteiger partial charge in [0.05, 0.1) is 0 Å². The molecule has 3 rings (SSSR count). The maximum atomic E-state index is 12.0. The number of aromatic nitrogens is 1. The summed E-state index contributed by atoms with van der Waals surface area (Å²) < 4.78 is 1.58. The number of thiazole rings is 1. The molecule has 2 heterocycles. The molecule has 1 aliphatic rings. The van der Waals surface area contributed by atoms with Gasteiger partial charge < -0.3 is 15.2 Å². The van der Waals surface area contributed by atoms with Crippen molar-refractivity contribution in [1.82, 2.24) is 9.88 Å². The Morgan fingerprint density at radius 1 is 1.41 bits per heavy atom. The van der Waals surface area contributed by atoms with Gasteiger partial charge in [-0.05, 0) is 24.6 Å². The molecule has 0 fully saturated rings. The van der Waals surface area contributed by atoms with Crippen LogP contribution < -0.4 is 15.5 Å². The van der Waals surface area contributed by atoms with Gasteiger partial charge in [0.2, 0.25) is 5.91 Å². The molecule has 0 spiro atoms. The first kappa shape index (κ1) is 14.5. The summed E-state index contributed by atoms with van der Waals surface area (Å²) in [6.45, 7) is 2.73. The van der Waals surface area contributed by atoms with Crippen LogP contribution in [0.4, 0.5) is 5.69 Å². The third-order valence-electron chi connectivity index (χ3n) is 3.62. The molecule has 114 valence electrons. The highest BCUT2D eigenvalue weighted by atomic mass is 32.1. The molecule has 0 unspecified atom stereocenters. The maximum Gasteiger partial charge on any atom is 0.307 e. The highest BCUT2D eigenvalue weighted by Crippen LogP contribution is 2.20. The summed E-state index contributed by atoms with van der Waals surface area (Å²) in [5.41, 5.74) is 2.98. The molecular weight excluding hydrogens is 302 g/mol. The van der Waals surface area contributed by atoms with Gasteiger partial charge in [0.1, 0.15) is 0 Å². The zero-order valence-corrected chi connectivity index (χ0v) is 12.8. The van der Waals surface area contributed by atoms with E-state index in [1.54, 1.807) is 22.1 Å². The van der Waals surface area contributed by atoms with Crippen molar-refractivity contribution in [3.8, 4) is 0 Å². The normalized spacial score (nSPS) is 12.9. The number of amides is 2. The number of rotatable bonds is 4. The topological polar surface area (TPSA) is 80.2 Å². The van der Waals surface area contributed by atoms with E-state index >= 15 is 0 Å². The van der Waals surface area contributed by atoms with Crippen LogP contribution in [0.1, 0.15) is 28.0 Å². The SMILES string of the molecule is Cc1csc(=O)n1CCC(=O)Nc1ccc2c(c1)C(=O)NC2. The second kappa shape index (κ2) is 5.76. The van der Waals surface area contributed by atoms with Gasteiger partial charge in [0.15, 0.2) is 0 Å². The summed E-state index contributed by atoms with van der Waals surface area (Å²) in [6, 6.07) is 5.28. The van der Waals surface area contributed by atoms with Crippen molar-refractivity contribution in [2.75, 3.05) is 5.32 Å². The number of aryl methyl sites for hydroxylation is 1. The minimum Gasteiger partial charge on any atom is -0.348 e. The van der Waals surface area contributed by atoms with Crippen LogP contribution >= 0.6 is 11.3 Å². The average molecular weight is 317 g/mol. The van der Waals surface area contributed by atoms with E-state index in [0.29, 0.717) is 24.3 Å². The number of nitrogens with zero attached hydrogens (tertiary/aromatic N) is 1. The summed E-state index contributed by atoms with van der Waals surface area (Å²) in [6.07, 6.45) is 0.209. The molecule has 0 aliphatic carbocycles. The summed E-state index contributed by atoms with van der Waals surface area (Å²) >= 11 is 1.13. The van der Waals surface area contributed by atoms with Gasteiger partial charge in [-0.2, -0.15) is 0 Å². The van der Waals surface area contributed by atoms with E-state index < -0.39 is 0 Å². The molecule has 2 aromatic rings. The smallest absolute Gasteiger partial charge is 0.307 e. The lowest BCUT2D eigenvalue weighted by molar-refractivity contribution is -0.116. The van der Waals surface area contributed by atoms with E-state index in [1.165, 1.54) is 0 Å². The van der Waals surface area contributed by atoms with Crippen LogP contribution in [0.25, 0.3) is 0 Å². The third-order valence-corrected chi connectivity index (χ3v) is 4.50. The van der Waals surface area contributed by atoms with E-state index in [9.17, 15) is 14.4 Å². The molecule has 0 saturated heterocycles. The molecule has 7 heteroatoms. The predicted molar refractivity (Wildman–Crippen MR) is 84.2 cm³/mol. The Kier molecular flexibility index (Phi) is 3.81. The third kappa shape index (κ3) is 2.80. The molecule has 0 atom stereocenters. The molecule has 1 aromatic heterocycles. The first-order valence-corrected chi connectivity index (χ1v) is 7.78. The van der Waals surface area contributed by atoms with Crippen molar-refractivity contribution in [3.63, 3.8) is 0 Å². The number of hydrogen-bond donors (Lipinski definition) is 2. The molecule has 2 N–H and O–H groups in total. The van der Waals surface area contributed by atoms with Crippen molar-refractivity contribution in [2.24, 2.45) is 0 Å². The fraction of sp³-hybridized carbons (Fsp3) is 0.267. The average Bonchev–Trinajstić information content (AvgIpc) is 3.01. The van der Waals surface area contributed by atoms with Gasteiger partial charge in [0.25, 0.3) is 5.91 Å². The lowest BCUT2D eigenvalue weighted by Gasteiger charge is -2.07. The number of carbonyl (C=O) groups excluding carboxylic acids is 2. The van der Waals surface area contributed by atoms with Crippen LogP contribution in [0.3, 0.4) is 0 Å². The van der Waals surface area contributed by atoms with Gasteiger partial charge >= 0.3 is 4.87 Å². The Morgan fingerprint density at radius 3 is 2.95 bits per heavy atom. The molecular formula is C15H15N3O3S. The number of nitrogens with one attached hydrogen (secondary N) is 2. The summed E-state index contributed by atoms with van der Waals surface area (Å²) in [7, 11) is 0. The van der Waals surface area contributed by atoms with Crippen LogP contribution in [-0.2, 0) is 17.9 Å². The van der Waals surface area contributed by atoms with E-state index in [1.807, 2.05) is 13.0 Å². The Morgan fingerprint density at radius 2 is 2.23 bits per heavy atom. The first-order valence-electron chi connectivity index (χ1n) is 6.90. The van der Waals surface area contributed by atoms with Gasteiger partial charge in [-0.3, -0.25) is 14.4 Å². The van der Waals surface area contributed by atoms with Gasteiger partial charge in [-0.25, -0.2) is 0 Å². The minimum absolute atomic E-state index is 0.0560. The fourth-order valence-corrected chi connectivity index (χ4v) is 3.16. The summed E-state index contributed by atoms with van der Waals surface area (Å²) in [5.74, 6) is -0.303. The van der Waals surface area contributed by atoms with Crippen LogP contribution in [0, 0.1) is 6.92 Å². The van der Waals surface area contributed by atoms with Crippen LogP contribution in [0.2, 0.25) is 0 Å². The molecule has 0 radical (unpaired) electrons. The first-order chi connectivity index (χ1) is 10.5. The van der Waals surface area contributed by atoms with Crippen molar-refractivity contribution >= 4 is 28.8 Å². The quantitative estimate of drug-likeness (QED) is 0.896. The maximum absolute atomic E-state index is 12.0. The van der Waals surface area contributed by atoms with E-state index in [0.717, 1.165) is 22.6 Å². The molecule has 1 aliphatic heterocycles. The van der Waals surface area contributed by atoms with Crippen molar-refractivity contribution in [1.29, 1.82) is 0 Å². The van der Waals surface area contributed by atoms with Crippen LogP contribution in [-0.4, -0.2) is 16.4 Å². The zero-order valence-electron chi connectivity index (χ0n) is 12.0. The summed E-state index contributed by atoms with van der Waals surface area (Å²) in [4.78, 5) is 35.1. The largest absolute Gasteiger partial charge is 0.348 e. The monoisotopic (exact) mass is 317 g/mol. The Bertz CT molecular complexity index is 807. The number of benzene rings is 1. The van der Waals surface area contributed by atoms with E-state index in [-0.39, 0.29) is 23.1 Å². The number of anilines is 1. The zero-order chi connectivity index (χ0) is 15.7. The number of hydrogen-bond acceptors (Lipinski definition) is 4. The van der Waals surface area contributed by atoms with E-state index in [4.69, 9.17) is 0 Å². The number of fused-ring (bicyclic) bond motifs is 1. The Balaban J connectivity index is 1.64. The Hall–Kier alpha value is -2.41. The second-order valence-corrected chi connectivity index (χ2v) is 5.97. The van der Waals surface area contributed by atoms with Crippen molar-refractivity contribution < 1.29 is 9.59 Å². The standard InChI is InChI=1S/C15H15N3O3S/c1-9-8-22-15(21)18(9)5-4-13(19)17-11-3-2-10-7-16-14(20)12(10)6-11/h2-3,6,8H,4-5,7H2,1H3,(H,16,20)(H,17,19). The fourth-order valence-electron chi connectivity index (χ4n) is 2.40. The lowest BCUT2D eigenvalue weighted by atomic mass is 10.1. The molecule has 6 nitrogen and oxygen atoms in total. The predicted octanol–water partition coefficient (Wildman–Crippen LogP) is 1.49. The molecule has 22 heavy (non-hydrogen) atoms. The van der Waals surface area contributed by atoms with Crippen LogP contribution in [0.5, 0.6) is 0 Å². The molecule has 0 saturated carbocycles. The highest BCUT2D eigenvalue weighted by Gasteiger charge is 2.19. The van der Waals surface area contributed by atoms with Gasteiger partial charge in [0, 0.05) is 41.8 Å². The van der Waals surface area contributed by atoms with Crippen molar-refractivity contribution in [3.05, 3.63) is 50.1 Å². The Labute approximate surface area is 130 Å². The molecule has 0 bridgehead atoms. The molecule has 1 aromatic carbocycles. The van der Waals surface area contributed by atoms with Gasteiger partial charge in [-0.1, -0.05) is 17.4 Å². The van der Waals surface area contributed by atoms with Crippen molar-refractivity contribution in [2.45, 2.75) is 26.4 Å². The van der Waals surface area contributed by atoms with Crippen LogP contribution in [0.15, 0.2) is 28.4 Å². The molecule has 2 amide bonds. The minimum atomic E-state index is -0.184. The second-order valence-electron chi connectivity index (χ2n) is 5.15. The summed E-state index contributed by atoms with van der Waals surface area (Å²) in [5, 5.41) is 7.27.